The van der Waals surface area contributed by atoms with Gasteiger partial charge in [0.1, 0.15) is 5.82 Å². The largest absolute Gasteiger partial charge is 0.416 e. The van der Waals surface area contributed by atoms with E-state index in [0.29, 0.717) is 12.1 Å². The van der Waals surface area contributed by atoms with E-state index in [1.165, 1.54) is 19.1 Å². The zero-order valence-electron chi connectivity index (χ0n) is 16.0. The van der Waals surface area contributed by atoms with Gasteiger partial charge >= 0.3 is 12.4 Å². The molecule has 4 nitrogen and oxygen atoms in total. The minimum absolute atomic E-state index is 0.0176. The average molecular weight is 453 g/mol. The van der Waals surface area contributed by atoms with Crippen LogP contribution in [0.1, 0.15) is 35.3 Å². The van der Waals surface area contributed by atoms with E-state index in [1.54, 1.807) is 0 Å². The van der Waals surface area contributed by atoms with Crippen molar-refractivity contribution in [2.45, 2.75) is 37.4 Å². The van der Waals surface area contributed by atoms with Gasteiger partial charge in [-0.05, 0) is 42.8 Å². The summed E-state index contributed by atoms with van der Waals surface area (Å²) in [7, 11) is 0. The number of nitrogens with one attached hydrogen (secondary N) is 1. The Bertz CT molecular complexity index is 882. The molecule has 11 heteroatoms. The van der Waals surface area contributed by atoms with E-state index in [1.807, 2.05) is 0 Å². The molecular weight excluding hydrogens is 435 g/mol. The molecule has 3 rings (SSSR count). The number of alkyl halides is 6. The predicted molar refractivity (Wildman–Crippen MR) is 94.0 cm³/mol. The van der Waals surface area contributed by atoms with Gasteiger partial charge in [0.05, 0.1) is 23.8 Å². The van der Waals surface area contributed by atoms with Crippen LogP contribution in [-0.4, -0.2) is 24.5 Å². The van der Waals surface area contributed by atoms with Crippen LogP contribution < -0.4 is 5.32 Å². The van der Waals surface area contributed by atoms with E-state index in [9.17, 15) is 35.8 Å². The first-order valence-corrected chi connectivity index (χ1v) is 9.10. The first kappa shape index (κ1) is 23.5. The summed E-state index contributed by atoms with van der Waals surface area (Å²) in [5.74, 6) is -0.571. The predicted octanol–water partition coefficient (Wildman–Crippen LogP) is 4.73. The van der Waals surface area contributed by atoms with Crippen LogP contribution in [0.15, 0.2) is 42.5 Å². The number of morpholine rings is 1. The van der Waals surface area contributed by atoms with Gasteiger partial charge in [0.25, 0.3) is 0 Å². The molecule has 31 heavy (non-hydrogen) atoms. The van der Waals surface area contributed by atoms with Gasteiger partial charge in [0.2, 0.25) is 6.29 Å². The van der Waals surface area contributed by atoms with Gasteiger partial charge in [0, 0.05) is 12.1 Å². The Kier molecular flexibility index (Phi) is 6.34. The first-order chi connectivity index (χ1) is 14.3. The fourth-order valence-corrected chi connectivity index (χ4v) is 3.17. The molecule has 0 spiro atoms. The molecule has 1 fully saturated rings. The van der Waals surface area contributed by atoms with E-state index in [2.05, 4.69) is 5.32 Å². The third-order valence-corrected chi connectivity index (χ3v) is 4.80. The normalized spacial score (nSPS) is 23.6. The summed E-state index contributed by atoms with van der Waals surface area (Å²) in [4.78, 5) is 0. The van der Waals surface area contributed by atoms with Crippen molar-refractivity contribution in [3.8, 4) is 0 Å². The number of halogens is 7. The quantitative estimate of drug-likeness (QED) is 0.658. The third-order valence-electron chi connectivity index (χ3n) is 4.80. The van der Waals surface area contributed by atoms with Crippen molar-refractivity contribution >= 4 is 0 Å². The maximum atomic E-state index is 13.2. The molecule has 2 aromatic rings. The number of benzene rings is 2. The molecule has 1 aliphatic rings. The van der Waals surface area contributed by atoms with Gasteiger partial charge < -0.3 is 14.6 Å². The molecule has 0 radical (unpaired) electrons. The fraction of sp³-hybridized carbons (Fsp3) is 0.400. The summed E-state index contributed by atoms with van der Waals surface area (Å²) in [5, 5.41) is 13.7. The highest BCUT2D eigenvalue weighted by molar-refractivity contribution is 5.35. The molecule has 0 aromatic heterocycles. The number of hydrogen-bond donors (Lipinski definition) is 2. The standard InChI is InChI=1S/C20H18F7NO3/c1-11(12-8-14(19(22,23)24)10-15(9-12)20(25,26)27)31-17-18(29,28-6-7-30-17)13-2-4-16(21)5-3-13/h2-5,8-11,17,28-29H,6-7H2,1H3/t11-,17-,18+/m1/s1. The summed E-state index contributed by atoms with van der Waals surface area (Å²) >= 11 is 0. The third kappa shape index (κ3) is 5.17. The second-order valence-electron chi connectivity index (χ2n) is 7.02. The van der Waals surface area contributed by atoms with Crippen molar-refractivity contribution in [3.05, 3.63) is 70.5 Å². The molecule has 0 saturated carbocycles. The highest BCUT2D eigenvalue weighted by Gasteiger charge is 2.44. The lowest BCUT2D eigenvalue weighted by molar-refractivity contribution is -0.289. The van der Waals surface area contributed by atoms with Gasteiger partial charge in [-0.1, -0.05) is 12.1 Å². The topological polar surface area (TPSA) is 50.7 Å². The molecule has 1 heterocycles. The Morgan fingerprint density at radius 2 is 1.58 bits per heavy atom. The molecule has 0 bridgehead atoms. The van der Waals surface area contributed by atoms with Crippen molar-refractivity contribution in [1.29, 1.82) is 0 Å². The zero-order chi connectivity index (χ0) is 23.0. The summed E-state index contributed by atoms with van der Waals surface area (Å²) in [6.45, 7) is 1.46. The fourth-order valence-electron chi connectivity index (χ4n) is 3.17. The lowest BCUT2D eigenvalue weighted by atomic mass is 9.99. The second kappa shape index (κ2) is 8.38. The van der Waals surface area contributed by atoms with Crippen LogP contribution in [-0.2, 0) is 27.6 Å². The molecule has 2 aromatic carbocycles. The summed E-state index contributed by atoms with van der Waals surface area (Å²) in [6.07, 6.45) is -12.8. The smallest absolute Gasteiger partial charge is 0.367 e. The molecular formula is C20H18F7NO3. The number of aliphatic hydroxyl groups is 1. The van der Waals surface area contributed by atoms with Crippen LogP contribution in [0.25, 0.3) is 0 Å². The minimum Gasteiger partial charge on any atom is -0.367 e. The van der Waals surface area contributed by atoms with Crippen LogP contribution in [0.5, 0.6) is 0 Å². The Balaban J connectivity index is 1.93. The monoisotopic (exact) mass is 453 g/mol. The summed E-state index contributed by atoms with van der Waals surface area (Å²) < 4.78 is 103. The van der Waals surface area contributed by atoms with Crippen molar-refractivity contribution < 1.29 is 45.3 Å². The highest BCUT2D eigenvalue weighted by Crippen LogP contribution is 2.39. The van der Waals surface area contributed by atoms with Crippen LogP contribution >= 0.6 is 0 Å². The van der Waals surface area contributed by atoms with Crippen molar-refractivity contribution in [3.63, 3.8) is 0 Å². The Morgan fingerprint density at radius 1 is 1.03 bits per heavy atom. The van der Waals surface area contributed by atoms with Crippen LogP contribution in [0.2, 0.25) is 0 Å². The van der Waals surface area contributed by atoms with Gasteiger partial charge in [-0.15, -0.1) is 0 Å². The summed E-state index contributed by atoms with van der Waals surface area (Å²) in [5.41, 5.74) is -5.23. The Morgan fingerprint density at radius 3 is 2.10 bits per heavy atom. The lowest BCUT2D eigenvalue weighted by Gasteiger charge is -2.41. The first-order valence-electron chi connectivity index (χ1n) is 9.10. The van der Waals surface area contributed by atoms with E-state index >= 15 is 0 Å². The van der Waals surface area contributed by atoms with Crippen LogP contribution in [0.4, 0.5) is 30.7 Å². The van der Waals surface area contributed by atoms with Crippen molar-refractivity contribution in [2.75, 3.05) is 13.2 Å². The molecule has 170 valence electrons. The number of ether oxygens (including phenoxy) is 2. The van der Waals surface area contributed by atoms with Gasteiger partial charge in [0.15, 0.2) is 5.72 Å². The Hall–Kier alpha value is -2.21. The van der Waals surface area contributed by atoms with Gasteiger partial charge in [-0.25, -0.2) is 4.39 Å². The molecule has 1 saturated heterocycles. The number of rotatable bonds is 4. The minimum atomic E-state index is -5.01. The SMILES string of the molecule is C[C@@H](O[C@H]1OCCN[C@]1(O)c1ccc(F)cc1)c1cc(C(F)(F)F)cc(C(F)(F)F)c1. The average Bonchev–Trinajstić information content (AvgIpc) is 2.68. The highest BCUT2D eigenvalue weighted by atomic mass is 19.4. The molecule has 1 aliphatic heterocycles. The molecule has 3 atom stereocenters. The molecule has 0 unspecified atom stereocenters. The molecule has 0 aliphatic carbocycles. The maximum absolute atomic E-state index is 13.2. The van der Waals surface area contributed by atoms with E-state index < -0.39 is 53.0 Å². The lowest BCUT2D eigenvalue weighted by Crippen LogP contribution is -2.58. The zero-order valence-corrected chi connectivity index (χ0v) is 16.0. The molecule has 0 amide bonds. The number of hydrogen-bond acceptors (Lipinski definition) is 4. The summed E-state index contributed by atoms with van der Waals surface area (Å²) in [6, 6.07) is 5.77. The van der Waals surface area contributed by atoms with E-state index in [-0.39, 0.29) is 24.8 Å². The van der Waals surface area contributed by atoms with Crippen LogP contribution in [0.3, 0.4) is 0 Å². The van der Waals surface area contributed by atoms with Gasteiger partial charge in [-0.2, -0.15) is 26.3 Å². The van der Waals surface area contributed by atoms with Gasteiger partial charge in [-0.3, -0.25) is 5.32 Å². The molecule has 2 N–H and O–H groups in total. The van der Waals surface area contributed by atoms with Crippen LogP contribution in [0, 0.1) is 5.82 Å². The van der Waals surface area contributed by atoms with E-state index in [0.717, 1.165) is 12.1 Å². The second-order valence-corrected chi connectivity index (χ2v) is 7.02. The maximum Gasteiger partial charge on any atom is 0.416 e. The van der Waals surface area contributed by atoms with Crippen molar-refractivity contribution in [1.82, 2.24) is 5.32 Å². The van der Waals surface area contributed by atoms with E-state index in [4.69, 9.17) is 9.47 Å². The Labute approximate surface area is 172 Å². The van der Waals surface area contributed by atoms with Crippen molar-refractivity contribution in [2.24, 2.45) is 0 Å².